The van der Waals surface area contributed by atoms with Crippen LogP contribution in [-0.2, 0) is 0 Å². The van der Waals surface area contributed by atoms with Gasteiger partial charge in [0, 0.05) is 24.4 Å². The van der Waals surface area contributed by atoms with Gasteiger partial charge in [0.25, 0.3) is 5.91 Å². The molecule has 2 aromatic rings. The van der Waals surface area contributed by atoms with E-state index >= 15 is 0 Å². The minimum absolute atomic E-state index is 0.000735. The van der Waals surface area contributed by atoms with Crippen LogP contribution < -0.4 is 0 Å². The Bertz CT molecular complexity index is 701. The van der Waals surface area contributed by atoms with Gasteiger partial charge in [-0.3, -0.25) is 4.79 Å². The van der Waals surface area contributed by atoms with Crippen molar-refractivity contribution in [1.29, 1.82) is 0 Å². The van der Waals surface area contributed by atoms with E-state index in [2.05, 4.69) is 13.8 Å². The second-order valence-corrected chi connectivity index (χ2v) is 7.33. The summed E-state index contributed by atoms with van der Waals surface area (Å²) >= 11 is 0. The number of benzene rings is 1. The molecule has 1 aliphatic heterocycles. The molecule has 23 heavy (non-hydrogen) atoms. The fraction of sp³-hybridized carbons (Fsp3) is 0.526. The molecule has 0 bridgehead atoms. The molecule has 1 amide bonds. The van der Waals surface area contributed by atoms with Crippen LogP contribution in [0.4, 0.5) is 0 Å². The van der Waals surface area contributed by atoms with Crippen LogP contribution >= 0.6 is 0 Å². The van der Waals surface area contributed by atoms with Crippen LogP contribution in [0.5, 0.6) is 0 Å². The lowest BCUT2D eigenvalue weighted by Crippen LogP contribution is -2.52. The maximum atomic E-state index is 12.9. The molecule has 4 nitrogen and oxygen atoms in total. The number of hydrogen-bond donors (Lipinski definition) is 1. The summed E-state index contributed by atoms with van der Waals surface area (Å²) < 4.78 is 5.50. The zero-order valence-corrected chi connectivity index (χ0v) is 14.1. The van der Waals surface area contributed by atoms with E-state index in [1.165, 1.54) is 0 Å². The lowest BCUT2D eigenvalue weighted by Gasteiger charge is -2.43. The number of nitrogens with zero attached hydrogens (tertiary/aromatic N) is 1. The van der Waals surface area contributed by atoms with Crippen molar-refractivity contribution in [1.82, 2.24) is 4.90 Å². The Hall–Kier alpha value is -1.81. The molecule has 1 unspecified atom stereocenters. The van der Waals surface area contributed by atoms with Crippen molar-refractivity contribution in [3.63, 3.8) is 0 Å². The molecule has 1 N–H and O–H groups in total. The summed E-state index contributed by atoms with van der Waals surface area (Å²) in [6, 6.07) is 7.60. The Kier molecular flexibility index (Phi) is 4.19. The topological polar surface area (TPSA) is 53.7 Å². The average Bonchev–Trinajstić information content (AvgIpc) is 2.92. The highest BCUT2D eigenvalue weighted by atomic mass is 16.3. The van der Waals surface area contributed by atoms with Gasteiger partial charge < -0.3 is 14.4 Å². The molecule has 0 radical (unpaired) electrons. The monoisotopic (exact) mass is 315 g/mol. The van der Waals surface area contributed by atoms with Crippen molar-refractivity contribution in [3.8, 4) is 0 Å². The molecule has 124 valence electrons. The first kappa shape index (κ1) is 16.1. The first-order valence-electron chi connectivity index (χ1n) is 8.36. The number of furan rings is 1. The largest absolute Gasteiger partial charge is 0.463 e. The predicted molar refractivity (Wildman–Crippen MR) is 90.3 cm³/mol. The van der Waals surface area contributed by atoms with Gasteiger partial charge in [-0.15, -0.1) is 0 Å². The van der Waals surface area contributed by atoms with E-state index in [9.17, 15) is 9.90 Å². The summed E-state index contributed by atoms with van der Waals surface area (Å²) in [5.41, 5.74) is 0.656. The normalized spacial score (nSPS) is 25.3. The third-order valence-corrected chi connectivity index (χ3v) is 4.96. The van der Waals surface area contributed by atoms with Gasteiger partial charge >= 0.3 is 0 Å². The Balaban J connectivity index is 1.82. The molecule has 1 saturated heterocycles. The third kappa shape index (κ3) is 3.13. The highest BCUT2D eigenvalue weighted by molar-refractivity contribution is 6.05. The molecule has 4 heteroatoms. The van der Waals surface area contributed by atoms with E-state index in [1.54, 1.807) is 6.26 Å². The van der Waals surface area contributed by atoms with Crippen molar-refractivity contribution >= 4 is 16.9 Å². The average molecular weight is 315 g/mol. The number of fused-ring (bicyclic) bond motifs is 1. The first-order chi connectivity index (χ1) is 10.9. The van der Waals surface area contributed by atoms with Gasteiger partial charge in [0.2, 0.25) is 0 Å². The third-order valence-electron chi connectivity index (χ3n) is 4.96. The molecule has 2 heterocycles. The summed E-state index contributed by atoms with van der Waals surface area (Å²) in [7, 11) is 0. The number of hydrogen-bond acceptors (Lipinski definition) is 3. The number of rotatable bonds is 3. The molecule has 1 aromatic heterocycles. The van der Waals surface area contributed by atoms with Crippen LogP contribution in [0.3, 0.4) is 0 Å². The minimum Gasteiger partial charge on any atom is -0.463 e. The number of carbonyl (C=O) groups is 1. The van der Waals surface area contributed by atoms with Crippen LogP contribution in [0.1, 0.15) is 44.0 Å². The van der Waals surface area contributed by atoms with Crippen LogP contribution in [0.2, 0.25) is 0 Å². The van der Waals surface area contributed by atoms with Crippen LogP contribution in [0, 0.1) is 11.8 Å². The molecule has 0 aliphatic carbocycles. The molecular formula is C19H25NO3. The van der Waals surface area contributed by atoms with E-state index in [1.807, 2.05) is 36.1 Å². The van der Waals surface area contributed by atoms with E-state index in [4.69, 9.17) is 4.42 Å². The quantitative estimate of drug-likeness (QED) is 0.940. The van der Waals surface area contributed by atoms with Crippen molar-refractivity contribution in [2.75, 3.05) is 13.1 Å². The number of likely N-dealkylation sites (tertiary alicyclic amines) is 1. The van der Waals surface area contributed by atoms with E-state index in [-0.39, 0.29) is 11.8 Å². The van der Waals surface area contributed by atoms with Gasteiger partial charge in [-0.25, -0.2) is 0 Å². The second-order valence-electron chi connectivity index (χ2n) is 7.33. The van der Waals surface area contributed by atoms with E-state index in [0.717, 1.165) is 17.4 Å². The van der Waals surface area contributed by atoms with Gasteiger partial charge in [0.15, 0.2) is 0 Å². The number of carbonyl (C=O) groups excluding carboxylic acids is 1. The Morgan fingerprint density at radius 2 is 2.17 bits per heavy atom. The van der Waals surface area contributed by atoms with Crippen molar-refractivity contribution in [2.45, 2.75) is 39.2 Å². The highest BCUT2D eigenvalue weighted by Crippen LogP contribution is 2.33. The maximum absolute atomic E-state index is 12.9. The maximum Gasteiger partial charge on any atom is 0.257 e. The summed E-state index contributed by atoms with van der Waals surface area (Å²) in [4.78, 5) is 14.8. The highest BCUT2D eigenvalue weighted by Gasteiger charge is 2.39. The van der Waals surface area contributed by atoms with Crippen LogP contribution in [-0.4, -0.2) is 34.6 Å². The number of aliphatic hydroxyl groups is 1. The molecule has 0 spiro atoms. The SMILES string of the molecule is CC(C)CC1CN(C(=O)c2coc3ccccc23)CC[C@@]1(C)O. The van der Waals surface area contributed by atoms with Crippen LogP contribution in [0.25, 0.3) is 11.0 Å². The van der Waals surface area contributed by atoms with Crippen LogP contribution in [0.15, 0.2) is 34.9 Å². The van der Waals surface area contributed by atoms with Gasteiger partial charge in [0.1, 0.15) is 11.8 Å². The number of amides is 1. The van der Waals surface area contributed by atoms with Gasteiger partial charge in [-0.05, 0) is 31.7 Å². The van der Waals surface area contributed by atoms with Crippen molar-refractivity contribution in [3.05, 3.63) is 36.1 Å². The summed E-state index contributed by atoms with van der Waals surface area (Å²) in [5.74, 6) is 0.605. The zero-order valence-electron chi connectivity index (χ0n) is 14.1. The van der Waals surface area contributed by atoms with Crippen molar-refractivity contribution < 1.29 is 14.3 Å². The molecule has 1 fully saturated rings. The zero-order chi connectivity index (χ0) is 16.6. The summed E-state index contributed by atoms with van der Waals surface area (Å²) in [6.07, 6.45) is 3.09. The first-order valence-corrected chi connectivity index (χ1v) is 8.36. The molecule has 0 saturated carbocycles. The van der Waals surface area contributed by atoms with Gasteiger partial charge in [-0.2, -0.15) is 0 Å². The van der Waals surface area contributed by atoms with Gasteiger partial charge in [0.05, 0.1) is 11.2 Å². The summed E-state index contributed by atoms with van der Waals surface area (Å²) in [6.45, 7) is 7.39. The minimum atomic E-state index is -0.695. The molecule has 1 aliphatic rings. The standard InChI is InChI=1S/C19H25NO3/c1-13(2)10-14-11-20(9-8-19(14,3)22)18(21)16-12-23-17-7-5-4-6-15(16)17/h4-7,12-14,22H,8-11H2,1-3H3/t14?,19-/m1/s1. The van der Waals surface area contributed by atoms with Crippen molar-refractivity contribution in [2.24, 2.45) is 11.8 Å². The molecular weight excluding hydrogens is 290 g/mol. The second kappa shape index (κ2) is 6.00. The Morgan fingerprint density at radius 3 is 2.91 bits per heavy atom. The van der Waals surface area contributed by atoms with E-state index < -0.39 is 5.60 Å². The predicted octanol–water partition coefficient (Wildman–Crippen LogP) is 3.69. The fourth-order valence-electron chi connectivity index (χ4n) is 3.52. The molecule has 2 atom stereocenters. The Morgan fingerprint density at radius 1 is 1.43 bits per heavy atom. The fourth-order valence-corrected chi connectivity index (χ4v) is 3.52. The number of para-hydroxylation sites is 1. The number of piperidine rings is 1. The molecule has 1 aromatic carbocycles. The van der Waals surface area contributed by atoms with E-state index in [0.29, 0.717) is 31.0 Å². The Labute approximate surface area is 137 Å². The lowest BCUT2D eigenvalue weighted by molar-refractivity contribution is -0.0576. The molecule has 3 rings (SSSR count). The summed E-state index contributed by atoms with van der Waals surface area (Å²) in [5, 5.41) is 11.5. The van der Waals surface area contributed by atoms with Gasteiger partial charge in [-0.1, -0.05) is 32.0 Å². The lowest BCUT2D eigenvalue weighted by atomic mass is 9.78. The smallest absolute Gasteiger partial charge is 0.257 e.